The van der Waals surface area contributed by atoms with E-state index >= 15 is 0 Å². The van der Waals surface area contributed by atoms with Gasteiger partial charge in [0.1, 0.15) is 11.8 Å². The van der Waals surface area contributed by atoms with Crippen LogP contribution in [0, 0.1) is 13.8 Å². The van der Waals surface area contributed by atoms with E-state index in [9.17, 15) is 9.59 Å². The highest BCUT2D eigenvalue weighted by molar-refractivity contribution is 5.90. The van der Waals surface area contributed by atoms with Crippen LogP contribution in [0.1, 0.15) is 36.5 Å². The Kier molecular flexibility index (Phi) is 4.83. The molecule has 1 heterocycles. The molecule has 1 aromatic rings. The summed E-state index contributed by atoms with van der Waals surface area (Å²) in [6.45, 7) is 7.05. The lowest BCUT2D eigenvalue weighted by Gasteiger charge is -2.15. The molecule has 1 saturated heterocycles. The minimum absolute atomic E-state index is 0.0526. The number of hydrogen-bond acceptors (Lipinski definition) is 3. The standard InChI is InChI=1S/C16H22N2O3/c1-4-21-14-8-10(2)12(7-11(14)3)9-17-16(20)13-5-6-15(19)18-13/h7-8,13H,4-6,9H2,1-3H3,(H,17,20)(H,18,19). The van der Waals surface area contributed by atoms with Crippen molar-refractivity contribution < 1.29 is 14.3 Å². The molecule has 5 heteroatoms. The summed E-state index contributed by atoms with van der Waals surface area (Å²) < 4.78 is 5.56. The quantitative estimate of drug-likeness (QED) is 0.865. The van der Waals surface area contributed by atoms with Gasteiger partial charge in [0, 0.05) is 13.0 Å². The summed E-state index contributed by atoms with van der Waals surface area (Å²) in [7, 11) is 0. The maximum absolute atomic E-state index is 12.0. The summed E-state index contributed by atoms with van der Waals surface area (Å²) in [6, 6.07) is 3.65. The average Bonchev–Trinajstić information content (AvgIpc) is 2.87. The van der Waals surface area contributed by atoms with E-state index in [4.69, 9.17) is 4.74 Å². The SMILES string of the molecule is CCOc1cc(C)c(CNC(=O)C2CCC(=O)N2)cc1C. The van der Waals surface area contributed by atoms with Gasteiger partial charge in [0.05, 0.1) is 6.61 Å². The number of carbonyl (C=O) groups excluding carboxylic acids is 2. The summed E-state index contributed by atoms with van der Waals surface area (Å²) in [5.41, 5.74) is 3.20. The second kappa shape index (κ2) is 6.61. The van der Waals surface area contributed by atoms with E-state index < -0.39 is 0 Å². The van der Waals surface area contributed by atoms with Gasteiger partial charge in [-0.15, -0.1) is 0 Å². The van der Waals surface area contributed by atoms with Crippen molar-refractivity contribution in [3.63, 3.8) is 0 Å². The van der Waals surface area contributed by atoms with Crippen molar-refractivity contribution in [1.82, 2.24) is 10.6 Å². The molecule has 5 nitrogen and oxygen atoms in total. The number of carbonyl (C=O) groups is 2. The van der Waals surface area contributed by atoms with E-state index in [1.165, 1.54) is 0 Å². The minimum atomic E-state index is -0.387. The molecule has 0 aromatic heterocycles. The molecule has 0 aliphatic carbocycles. The first-order valence-electron chi connectivity index (χ1n) is 7.31. The van der Waals surface area contributed by atoms with Crippen molar-refractivity contribution in [1.29, 1.82) is 0 Å². The molecule has 2 N–H and O–H groups in total. The van der Waals surface area contributed by atoms with E-state index in [1.807, 2.05) is 32.9 Å². The highest BCUT2D eigenvalue weighted by atomic mass is 16.5. The van der Waals surface area contributed by atoms with Crippen LogP contribution < -0.4 is 15.4 Å². The Bertz CT molecular complexity index is 555. The van der Waals surface area contributed by atoms with Gasteiger partial charge in [-0.1, -0.05) is 6.07 Å². The first-order valence-corrected chi connectivity index (χ1v) is 7.31. The minimum Gasteiger partial charge on any atom is -0.494 e. The van der Waals surface area contributed by atoms with Crippen LogP contribution in [0.15, 0.2) is 12.1 Å². The van der Waals surface area contributed by atoms with Crippen LogP contribution in [0.3, 0.4) is 0 Å². The Morgan fingerprint density at radius 1 is 1.38 bits per heavy atom. The van der Waals surface area contributed by atoms with Gasteiger partial charge in [-0.05, 0) is 49.9 Å². The molecule has 1 fully saturated rings. The molecule has 2 rings (SSSR count). The summed E-state index contributed by atoms with van der Waals surface area (Å²) in [6.07, 6.45) is 1.01. The molecule has 2 amide bonds. The summed E-state index contributed by atoms with van der Waals surface area (Å²) >= 11 is 0. The van der Waals surface area contributed by atoms with Crippen molar-refractivity contribution in [2.75, 3.05) is 6.61 Å². The molecule has 0 radical (unpaired) electrons. The van der Waals surface area contributed by atoms with Gasteiger partial charge in [-0.3, -0.25) is 9.59 Å². The lowest BCUT2D eigenvalue weighted by molar-refractivity contribution is -0.125. The predicted molar refractivity (Wildman–Crippen MR) is 80.1 cm³/mol. The van der Waals surface area contributed by atoms with E-state index in [2.05, 4.69) is 10.6 Å². The van der Waals surface area contributed by atoms with Crippen molar-refractivity contribution in [3.8, 4) is 5.75 Å². The zero-order valence-corrected chi connectivity index (χ0v) is 12.8. The van der Waals surface area contributed by atoms with Gasteiger partial charge < -0.3 is 15.4 Å². The Labute approximate surface area is 125 Å². The highest BCUT2D eigenvalue weighted by Crippen LogP contribution is 2.23. The maximum Gasteiger partial charge on any atom is 0.242 e. The van der Waals surface area contributed by atoms with Gasteiger partial charge in [-0.2, -0.15) is 0 Å². The molecule has 0 bridgehead atoms. The third kappa shape index (κ3) is 3.74. The highest BCUT2D eigenvalue weighted by Gasteiger charge is 2.26. The molecule has 1 unspecified atom stereocenters. The van der Waals surface area contributed by atoms with Crippen LogP contribution in [-0.2, 0) is 16.1 Å². The lowest BCUT2D eigenvalue weighted by Crippen LogP contribution is -2.41. The molecule has 114 valence electrons. The fourth-order valence-electron chi connectivity index (χ4n) is 2.47. The average molecular weight is 290 g/mol. The number of ether oxygens (including phenoxy) is 1. The smallest absolute Gasteiger partial charge is 0.242 e. The molecular formula is C16H22N2O3. The van der Waals surface area contributed by atoms with Gasteiger partial charge in [0.15, 0.2) is 0 Å². The Morgan fingerprint density at radius 3 is 2.76 bits per heavy atom. The molecule has 0 spiro atoms. The van der Waals surface area contributed by atoms with Crippen LogP contribution in [0.25, 0.3) is 0 Å². The monoisotopic (exact) mass is 290 g/mol. The van der Waals surface area contributed by atoms with Crippen LogP contribution >= 0.6 is 0 Å². The molecular weight excluding hydrogens is 268 g/mol. The Hall–Kier alpha value is -2.04. The molecule has 0 saturated carbocycles. The fourth-order valence-corrected chi connectivity index (χ4v) is 2.47. The number of hydrogen-bond donors (Lipinski definition) is 2. The number of nitrogens with one attached hydrogen (secondary N) is 2. The molecule has 1 atom stereocenters. The predicted octanol–water partition coefficient (Wildman–Crippen LogP) is 1.60. The summed E-state index contributed by atoms with van der Waals surface area (Å²) in [5, 5.41) is 5.56. The molecule has 1 aromatic carbocycles. The lowest BCUT2D eigenvalue weighted by atomic mass is 10.0. The van der Waals surface area contributed by atoms with Gasteiger partial charge in [0.2, 0.25) is 11.8 Å². The van der Waals surface area contributed by atoms with Crippen molar-refractivity contribution in [2.24, 2.45) is 0 Å². The van der Waals surface area contributed by atoms with E-state index in [1.54, 1.807) is 0 Å². The Morgan fingerprint density at radius 2 is 2.14 bits per heavy atom. The molecule has 21 heavy (non-hydrogen) atoms. The number of rotatable bonds is 5. The van der Waals surface area contributed by atoms with Crippen LogP contribution in [0.5, 0.6) is 5.75 Å². The van der Waals surface area contributed by atoms with Crippen LogP contribution in [-0.4, -0.2) is 24.5 Å². The first-order chi connectivity index (χ1) is 10.0. The zero-order valence-electron chi connectivity index (χ0n) is 12.8. The van der Waals surface area contributed by atoms with Crippen LogP contribution in [0.2, 0.25) is 0 Å². The van der Waals surface area contributed by atoms with Crippen molar-refractivity contribution in [2.45, 2.75) is 46.2 Å². The fraction of sp³-hybridized carbons (Fsp3) is 0.500. The summed E-state index contributed by atoms with van der Waals surface area (Å²) in [5.74, 6) is 0.711. The topological polar surface area (TPSA) is 67.4 Å². The zero-order chi connectivity index (χ0) is 15.4. The third-order valence-corrected chi connectivity index (χ3v) is 3.70. The largest absolute Gasteiger partial charge is 0.494 e. The molecule has 1 aliphatic heterocycles. The third-order valence-electron chi connectivity index (χ3n) is 3.70. The van der Waals surface area contributed by atoms with Crippen molar-refractivity contribution in [3.05, 3.63) is 28.8 Å². The van der Waals surface area contributed by atoms with E-state index in [-0.39, 0.29) is 17.9 Å². The normalized spacial score (nSPS) is 17.5. The van der Waals surface area contributed by atoms with Gasteiger partial charge in [0.25, 0.3) is 0 Å². The first kappa shape index (κ1) is 15.4. The van der Waals surface area contributed by atoms with Gasteiger partial charge >= 0.3 is 0 Å². The second-order valence-corrected chi connectivity index (χ2v) is 5.35. The van der Waals surface area contributed by atoms with E-state index in [0.29, 0.717) is 26.0 Å². The number of benzene rings is 1. The van der Waals surface area contributed by atoms with Gasteiger partial charge in [-0.25, -0.2) is 0 Å². The maximum atomic E-state index is 12.0. The number of aryl methyl sites for hydroxylation is 2. The van der Waals surface area contributed by atoms with Crippen LogP contribution in [0.4, 0.5) is 0 Å². The van der Waals surface area contributed by atoms with E-state index in [0.717, 1.165) is 22.4 Å². The number of amides is 2. The summed E-state index contributed by atoms with van der Waals surface area (Å²) in [4.78, 5) is 23.1. The second-order valence-electron chi connectivity index (χ2n) is 5.35. The Balaban J connectivity index is 1.98. The molecule has 1 aliphatic rings. The van der Waals surface area contributed by atoms with Crippen molar-refractivity contribution >= 4 is 11.8 Å².